The van der Waals surface area contributed by atoms with Crippen molar-refractivity contribution in [3.8, 4) is 55.8 Å². The molecule has 7 aromatic carbocycles. The molecule has 1 radical (unpaired) electrons. The molecule has 1 heterocycles. The quantitative estimate of drug-likeness (QED) is 0.0511. The van der Waals surface area contributed by atoms with Crippen LogP contribution in [-0.2, 0) is 43.2 Å². The number of aromatic nitrogens is 1. The first kappa shape index (κ1) is 46.8. The average molecular weight is 1030 g/mol. The van der Waals surface area contributed by atoms with Gasteiger partial charge in [-0.05, 0) is 99.0 Å². The molecule has 0 bridgehead atoms. The molecule has 0 amide bonds. The van der Waals surface area contributed by atoms with Crippen LogP contribution in [0.5, 0.6) is 0 Å². The van der Waals surface area contributed by atoms with Crippen LogP contribution in [-0.4, -0.2) is 15.9 Å². The van der Waals surface area contributed by atoms with Crippen molar-refractivity contribution >= 4 is 16.7 Å². The Kier molecular flexibility index (Phi) is 15.6. The number of hydrogen-bond donors (Lipinski definition) is 1. The van der Waals surface area contributed by atoms with Gasteiger partial charge in [-0.1, -0.05) is 197 Å². The Hall–Kier alpha value is -6.19. The third kappa shape index (κ3) is 10.9. The van der Waals surface area contributed by atoms with Gasteiger partial charge < -0.3 is 5.11 Å². The van der Waals surface area contributed by atoms with Gasteiger partial charge in [0.1, 0.15) is 0 Å². The van der Waals surface area contributed by atoms with Crippen LogP contribution in [0.15, 0.2) is 182 Å². The summed E-state index contributed by atoms with van der Waals surface area (Å²) in [4.78, 5) is 15.9. The predicted octanol–water partition coefficient (Wildman–Crippen LogP) is 16.2. The van der Waals surface area contributed by atoms with Crippen molar-refractivity contribution in [3.05, 3.63) is 210 Å². The van der Waals surface area contributed by atoms with Gasteiger partial charge in [0, 0.05) is 44.4 Å². The molecule has 1 aromatic heterocycles. The SMILES string of the molecule is CC1(C)c2ccccc2-c2c[c-]c(-c3cc(-c4ccccc4)c4cc(-c5ccccc5-c5cccc(CCCCCCc6ccccc6)c5)ccc4n3)cc21.CCC(=O)/C=C(\O)CC.[Ir]. The zero-order valence-corrected chi connectivity index (χ0v) is 40.4. The van der Waals surface area contributed by atoms with Gasteiger partial charge in [0.05, 0.1) is 11.3 Å². The van der Waals surface area contributed by atoms with E-state index in [1.165, 1.54) is 105 Å². The molecular weight excluding hydrogens is 971 g/mol. The smallest absolute Gasteiger partial charge is 0.158 e. The topological polar surface area (TPSA) is 50.2 Å². The molecule has 0 unspecified atom stereocenters. The molecule has 0 atom stereocenters. The second kappa shape index (κ2) is 21.7. The van der Waals surface area contributed by atoms with Crippen LogP contribution in [0.2, 0.25) is 0 Å². The summed E-state index contributed by atoms with van der Waals surface area (Å²) in [6, 6.07) is 65.6. The summed E-state index contributed by atoms with van der Waals surface area (Å²) >= 11 is 0. The normalized spacial score (nSPS) is 12.4. The summed E-state index contributed by atoms with van der Waals surface area (Å²) in [5.74, 6) is 0.149. The fourth-order valence-electron chi connectivity index (χ4n) is 9.10. The van der Waals surface area contributed by atoms with Crippen molar-refractivity contribution < 1.29 is 30.0 Å². The third-order valence-corrected chi connectivity index (χ3v) is 12.7. The van der Waals surface area contributed by atoms with Crippen LogP contribution in [0, 0.1) is 6.07 Å². The number of aliphatic hydroxyl groups excluding tert-OH is 1. The summed E-state index contributed by atoms with van der Waals surface area (Å²) in [7, 11) is 0. The molecular formula is C61H58IrNO2-. The number of unbranched alkanes of at least 4 members (excludes halogenated alkanes) is 3. The van der Waals surface area contributed by atoms with E-state index in [0.29, 0.717) is 12.8 Å². The largest absolute Gasteiger partial charge is 0.512 e. The van der Waals surface area contributed by atoms with E-state index in [9.17, 15) is 4.79 Å². The molecule has 3 nitrogen and oxygen atoms in total. The van der Waals surface area contributed by atoms with Gasteiger partial charge in [0.2, 0.25) is 0 Å². The number of fused-ring (bicyclic) bond motifs is 4. The second-order valence-electron chi connectivity index (χ2n) is 17.5. The van der Waals surface area contributed by atoms with Crippen molar-refractivity contribution in [2.75, 3.05) is 0 Å². The van der Waals surface area contributed by atoms with Crippen molar-refractivity contribution in [1.29, 1.82) is 0 Å². The molecule has 8 aromatic rings. The Morgan fingerprint density at radius 1 is 0.569 bits per heavy atom. The minimum atomic E-state index is -0.0840. The Balaban J connectivity index is 0.000000572. The first-order valence-electron chi connectivity index (χ1n) is 23.0. The van der Waals surface area contributed by atoms with Gasteiger partial charge >= 0.3 is 0 Å². The fraction of sp³-hybridized carbons (Fsp3) is 0.213. The fourth-order valence-corrected chi connectivity index (χ4v) is 9.10. The van der Waals surface area contributed by atoms with Crippen LogP contribution >= 0.6 is 0 Å². The molecule has 329 valence electrons. The minimum absolute atomic E-state index is 0. The Labute approximate surface area is 399 Å². The Morgan fingerprint density at radius 3 is 1.86 bits per heavy atom. The predicted molar refractivity (Wildman–Crippen MR) is 269 cm³/mol. The van der Waals surface area contributed by atoms with Gasteiger partial charge in [-0.15, -0.1) is 29.3 Å². The summed E-state index contributed by atoms with van der Waals surface area (Å²) in [5.41, 5.74) is 18.4. The first-order chi connectivity index (χ1) is 31.2. The molecule has 0 spiro atoms. The van der Waals surface area contributed by atoms with Crippen molar-refractivity contribution in [1.82, 2.24) is 4.98 Å². The molecule has 1 aliphatic rings. The van der Waals surface area contributed by atoms with E-state index < -0.39 is 0 Å². The number of nitrogens with zero attached hydrogens (tertiary/aromatic N) is 1. The van der Waals surface area contributed by atoms with E-state index in [0.717, 1.165) is 28.6 Å². The minimum Gasteiger partial charge on any atom is -0.512 e. The Morgan fingerprint density at radius 2 is 1.17 bits per heavy atom. The molecule has 1 N–H and O–H groups in total. The van der Waals surface area contributed by atoms with E-state index in [2.05, 4.69) is 190 Å². The van der Waals surface area contributed by atoms with E-state index in [-0.39, 0.29) is 37.1 Å². The Bertz CT molecular complexity index is 2910. The molecule has 0 fully saturated rings. The molecule has 65 heavy (non-hydrogen) atoms. The number of allylic oxidation sites excluding steroid dienone is 2. The number of aryl methyl sites for hydroxylation is 2. The standard InChI is InChI=1S/C54H46N.C7H12O2.Ir/c1-54(2)50-29-16-15-28-46(50)47-32-30-43(36-51(47)54)53-37-48(40-23-11-6-12-24-40)49-35-42(31-33-52(49)55-53)45-27-14-13-26-44(45)41-25-17-22-39(34-41)21-8-4-3-7-18-38-19-9-5-10-20-38;1-3-6(8)5-7(9)4-2;/h5-6,9-17,19-20,22-29,31-37H,3-4,7-8,18,21H2,1-2H3;5,8H,3-4H2,1-2H3;/q-1;;/b;6-5-;. The average Bonchev–Trinajstić information content (AvgIpc) is 3.57. The van der Waals surface area contributed by atoms with Gasteiger partial charge in [-0.25, -0.2) is 0 Å². The molecule has 0 saturated heterocycles. The van der Waals surface area contributed by atoms with Crippen LogP contribution < -0.4 is 0 Å². The van der Waals surface area contributed by atoms with E-state index >= 15 is 0 Å². The maximum absolute atomic E-state index is 10.5. The monoisotopic (exact) mass is 1030 g/mol. The van der Waals surface area contributed by atoms with Crippen LogP contribution in [0.25, 0.3) is 66.7 Å². The number of carbonyl (C=O) groups excluding carboxylic acids is 1. The molecule has 9 rings (SSSR count). The maximum atomic E-state index is 10.5. The third-order valence-electron chi connectivity index (χ3n) is 12.7. The van der Waals surface area contributed by atoms with Gasteiger partial charge in [-0.3, -0.25) is 9.78 Å². The van der Waals surface area contributed by atoms with Crippen LogP contribution in [0.1, 0.15) is 88.5 Å². The van der Waals surface area contributed by atoms with Crippen LogP contribution in [0.3, 0.4) is 0 Å². The molecule has 0 saturated carbocycles. The first-order valence-corrected chi connectivity index (χ1v) is 23.0. The summed E-state index contributed by atoms with van der Waals surface area (Å²) < 4.78 is 0. The summed E-state index contributed by atoms with van der Waals surface area (Å²) in [6.07, 6.45) is 9.57. The van der Waals surface area contributed by atoms with Gasteiger partial charge in [-0.2, -0.15) is 0 Å². The molecule has 0 aliphatic heterocycles. The van der Waals surface area contributed by atoms with Gasteiger partial charge in [0.25, 0.3) is 0 Å². The van der Waals surface area contributed by atoms with E-state index in [4.69, 9.17) is 10.1 Å². The van der Waals surface area contributed by atoms with E-state index in [1.54, 1.807) is 13.8 Å². The van der Waals surface area contributed by atoms with Crippen molar-refractivity contribution in [2.24, 2.45) is 0 Å². The van der Waals surface area contributed by atoms with Gasteiger partial charge in [0.15, 0.2) is 5.78 Å². The zero-order valence-electron chi connectivity index (χ0n) is 38.0. The number of benzene rings is 7. The zero-order chi connectivity index (χ0) is 44.5. The van der Waals surface area contributed by atoms with Crippen molar-refractivity contribution in [3.63, 3.8) is 0 Å². The number of carbonyl (C=O) groups is 1. The van der Waals surface area contributed by atoms with Crippen LogP contribution in [0.4, 0.5) is 0 Å². The van der Waals surface area contributed by atoms with Crippen molar-refractivity contribution in [2.45, 2.75) is 84.5 Å². The number of ketones is 1. The molecule has 4 heteroatoms. The number of pyridine rings is 1. The maximum Gasteiger partial charge on any atom is 0.158 e. The number of aliphatic hydroxyl groups is 1. The summed E-state index contributed by atoms with van der Waals surface area (Å²) in [5, 5.41) is 9.95. The second-order valence-corrected chi connectivity index (χ2v) is 17.5. The summed E-state index contributed by atoms with van der Waals surface area (Å²) in [6.45, 7) is 8.22. The number of hydrogen-bond acceptors (Lipinski definition) is 3. The molecule has 1 aliphatic carbocycles. The number of rotatable bonds is 14. The van der Waals surface area contributed by atoms with E-state index in [1.807, 2.05) is 0 Å².